The molecule has 9 nitrogen and oxygen atoms in total. The molecule has 0 saturated heterocycles. The first-order chi connectivity index (χ1) is 11.9. The first kappa shape index (κ1) is 18.2. The summed E-state index contributed by atoms with van der Waals surface area (Å²) in [6, 6.07) is 3.42. The van der Waals surface area contributed by atoms with Gasteiger partial charge in [-0.3, -0.25) is 9.59 Å². The second-order valence-corrected chi connectivity index (χ2v) is 5.11. The van der Waals surface area contributed by atoms with Gasteiger partial charge in [-0.2, -0.15) is 5.53 Å². The summed E-state index contributed by atoms with van der Waals surface area (Å²) in [6.07, 6.45) is 0.399. The molecule has 2 aromatic rings. The number of carbonyl (C=O) groups excluding carboxylic acids is 2. The lowest BCUT2D eigenvalue weighted by Gasteiger charge is -2.13. The molecule has 0 aliphatic carbocycles. The molecule has 5 N–H and O–H groups in total. The van der Waals surface area contributed by atoms with Gasteiger partial charge in [0, 0.05) is 5.56 Å². The van der Waals surface area contributed by atoms with Crippen molar-refractivity contribution in [2.75, 3.05) is 5.32 Å². The minimum atomic E-state index is -0.831. The number of halogens is 2. The molecule has 0 saturated carbocycles. The van der Waals surface area contributed by atoms with Gasteiger partial charge < -0.3 is 11.1 Å². The van der Waals surface area contributed by atoms with Gasteiger partial charge in [0.05, 0.1) is 11.4 Å². The highest BCUT2D eigenvalue weighted by Crippen LogP contribution is 2.25. The van der Waals surface area contributed by atoms with Crippen molar-refractivity contribution in [3.05, 3.63) is 46.1 Å². The molecule has 1 aromatic carbocycles. The lowest BCUT2D eigenvalue weighted by atomic mass is 10.2. The van der Waals surface area contributed by atoms with Crippen LogP contribution in [0.2, 0.25) is 5.15 Å². The molecule has 0 atom stereocenters. The topological polar surface area (TPSA) is 146 Å². The molecule has 0 fully saturated rings. The lowest BCUT2D eigenvalue weighted by Crippen LogP contribution is -2.21. The normalized spacial score (nSPS) is 10.2. The summed E-state index contributed by atoms with van der Waals surface area (Å²) in [7, 11) is 0. The molecule has 25 heavy (non-hydrogen) atoms. The van der Waals surface area contributed by atoms with Crippen LogP contribution in [0.3, 0.4) is 0 Å². The van der Waals surface area contributed by atoms with E-state index in [1.165, 1.54) is 6.07 Å². The van der Waals surface area contributed by atoms with E-state index in [2.05, 4.69) is 20.5 Å². The highest BCUT2D eigenvalue weighted by molar-refractivity contribution is 6.30. The monoisotopic (exact) mass is 365 g/mol. The standard InChI is InChI=1S/C14H13ClFN7O2/c1-2-8-11(15)21-13(10(19-8)14(25)22-23-18)20-9-5-6(12(17)24)3-4-7(9)16/h3-5H,2H2,1H3,(H2,17,24)(H,20,21)(H2,18,22,25). The Bertz CT molecular complexity index is 859. The number of primary amides is 1. The van der Waals surface area contributed by atoms with Gasteiger partial charge in [-0.1, -0.05) is 23.7 Å². The van der Waals surface area contributed by atoms with Crippen molar-refractivity contribution in [2.24, 2.45) is 11.0 Å². The third kappa shape index (κ3) is 4.04. The molecule has 2 rings (SSSR count). The molecule has 11 heteroatoms. The van der Waals surface area contributed by atoms with Crippen LogP contribution in [0, 0.1) is 11.3 Å². The van der Waals surface area contributed by atoms with Crippen LogP contribution in [0.25, 0.3) is 0 Å². The molecule has 0 bridgehead atoms. The first-order valence-electron chi connectivity index (χ1n) is 6.97. The summed E-state index contributed by atoms with van der Waals surface area (Å²) in [4.78, 5) is 31.3. The molecule has 2 amide bonds. The van der Waals surface area contributed by atoms with Gasteiger partial charge >= 0.3 is 0 Å². The predicted octanol–water partition coefficient (Wildman–Crippen LogP) is 2.35. The van der Waals surface area contributed by atoms with Crippen molar-refractivity contribution in [1.29, 1.82) is 5.53 Å². The number of hydrogen-bond donors (Lipinski definition) is 4. The Morgan fingerprint density at radius 3 is 2.72 bits per heavy atom. The third-order valence-electron chi connectivity index (χ3n) is 3.13. The Labute approximate surface area is 146 Å². The van der Waals surface area contributed by atoms with Gasteiger partial charge in [0.2, 0.25) is 5.91 Å². The second kappa shape index (κ2) is 7.62. The molecule has 0 aliphatic heterocycles. The molecular formula is C14H13ClFN7O2. The fourth-order valence-electron chi connectivity index (χ4n) is 1.93. The number of aryl methyl sites for hydroxylation is 1. The Balaban J connectivity index is 2.53. The average molecular weight is 366 g/mol. The van der Waals surface area contributed by atoms with Crippen molar-refractivity contribution in [1.82, 2.24) is 15.4 Å². The van der Waals surface area contributed by atoms with E-state index >= 15 is 0 Å². The fraction of sp³-hybridized carbons (Fsp3) is 0.143. The number of nitrogens with zero attached hydrogens (tertiary/aromatic N) is 3. The van der Waals surface area contributed by atoms with E-state index in [-0.39, 0.29) is 27.9 Å². The molecule has 0 unspecified atom stereocenters. The molecule has 130 valence electrons. The van der Waals surface area contributed by atoms with E-state index in [4.69, 9.17) is 22.9 Å². The summed E-state index contributed by atoms with van der Waals surface area (Å²) in [5.41, 5.74) is 13.8. The summed E-state index contributed by atoms with van der Waals surface area (Å²) < 4.78 is 14.0. The summed E-state index contributed by atoms with van der Waals surface area (Å²) in [5.74, 6) is -2.45. The van der Waals surface area contributed by atoms with Gasteiger partial charge in [-0.05, 0) is 24.6 Å². The number of anilines is 2. The highest BCUT2D eigenvalue weighted by atomic mass is 35.5. The lowest BCUT2D eigenvalue weighted by molar-refractivity contribution is 0.0944. The smallest absolute Gasteiger partial charge is 0.295 e. The summed E-state index contributed by atoms with van der Waals surface area (Å²) in [5, 5.41) is 5.37. The van der Waals surface area contributed by atoms with Gasteiger partial charge in [-0.25, -0.2) is 19.8 Å². The molecular weight excluding hydrogens is 353 g/mol. The highest BCUT2D eigenvalue weighted by Gasteiger charge is 2.20. The van der Waals surface area contributed by atoms with Gasteiger partial charge in [-0.15, -0.1) is 0 Å². The largest absolute Gasteiger partial charge is 0.366 e. The van der Waals surface area contributed by atoms with Crippen LogP contribution >= 0.6 is 11.6 Å². The van der Waals surface area contributed by atoms with Gasteiger partial charge in [0.25, 0.3) is 5.91 Å². The van der Waals surface area contributed by atoms with Crippen LogP contribution < -0.4 is 16.5 Å². The number of carbonyl (C=O) groups is 2. The maximum atomic E-state index is 14.0. The van der Waals surface area contributed by atoms with E-state index in [1.54, 1.807) is 6.92 Å². The van der Waals surface area contributed by atoms with Crippen LogP contribution in [-0.2, 0) is 6.42 Å². The molecule has 0 spiro atoms. The van der Waals surface area contributed by atoms with Crippen molar-refractivity contribution in [3.63, 3.8) is 0 Å². The molecule has 1 aromatic heterocycles. The SMILES string of the molecule is CCc1nc(C(=O)NN=N)c(Nc2cc(C(N)=O)ccc2F)nc1Cl. The summed E-state index contributed by atoms with van der Waals surface area (Å²) in [6.45, 7) is 1.76. The zero-order valence-electron chi connectivity index (χ0n) is 12.9. The molecule has 1 heterocycles. The number of rotatable bonds is 6. The molecule has 0 aliphatic rings. The van der Waals surface area contributed by atoms with E-state index in [1.807, 2.05) is 5.43 Å². The second-order valence-electron chi connectivity index (χ2n) is 4.75. The van der Waals surface area contributed by atoms with Crippen molar-refractivity contribution < 1.29 is 14.0 Å². The average Bonchev–Trinajstić information content (AvgIpc) is 2.57. The Morgan fingerprint density at radius 2 is 2.12 bits per heavy atom. The first-order valence-corrected chi connectivity index (χ1v) is 7.34. The van der Waals surface area contributed by atoms with Gasteiger partial charge in [0.15, 0.2) is 16.7 Å². The van der Waals surface area contributed by atoms with E-state index in [0.29, 0.717) is 12.1 Å². The number of hydrogen-bond acceptors (Lipinski definition) is 7. The number of nitrogens with one attached hydrogen (secondary N) is 3. The minimum Gasteiger partial charge on any atom is -0.366 e. The number of nitrogens with two attached hydrogens (primary N) is 1. The Morgan fingerprint density at radius 1 is 1.40 bits per heavy atom. The van der Waals surface area contributed by atoms with E-state index in [9.17, 15) is 14.0 Å². The van der Waals surface area contributed by atoms with Crippen molar-refractivity contribution in [2.45, 2.75) is 13.3 Å². The fourth-order valence-corrected chi connectivity index (χ4v) is 2.19. The van der Waals surface area contributed by atoms with E-state index < -0.39 is 17.6 Å². The number of aromatic nitrogens is 2. The van der Waals surface area contributed by atoms with Crippen LogP contribution in [0.5, 0.6) is 0 Å². The number of amides is 2. The summed E-state index contributed by atoms with van der Waals surface area (Å²) >= 11 is 6.00. The maximum Gasteiger partial charge on any atom is 0.295 e. The zero-order chi connectivity index (χ0) is 18.6. The van der Waals surface area contributed by atoms with Crippen molar-refractivity contribution in [3.8, 4) is 0 Å². The minimum absolute atomic E-state index is 0.0239. The van der Waals surface area contributed by atoms with Crippen molar-refractivity contribution >= 4 is 34.9 Å². The number of benzene rings is 1. The van der Waals surface area contributed by atoms with Crippen LogP contribution in [0.4, 0.5) is 15.9 Å². The zero-order valence-corrected chi connectivity index (χ0v) is 13.7. The van der Waals surface area contributed by atoms with Crippen LogP contribution in [0.15, 0.2) is 23.4 Å². The Kier molecular flexibility index (Phi) is 5.55. The quantitative estimate of drug-likeness (QED) is 0.458. The van der Waals surface area contributed by atoms with Gasteiger partial charge in [0.1, 0.15) is 5.82 Å². The maximum absolute atomic E-state index is 14.0. The van der Waals surface area contributed by atoms with Crippen LogP contribution in [-0.4, -0.2) is 21.8 Å². The van der Waals surface area contributed by atoms with E-state index in [0.717, 1.165) is 12.1 Å². The predicted molar refractivity (Wildman–Crippen MR) is 87.2 cm³/mol. The van der Waals surface area contributed by atoms with Crippen LogP contribution in [0.1, 0.15) is 33.5 Å². The molecule has 0 radical (unpaired) electrons. The third-order valence-corrected chi connectivity index (χ3v) is 3.43. The Hall–Kier alpha value is -3.14.